The van der Waals surface area contributed by atoms with Crippen molar-refractivity contribution in [2.75, 3.05) is 5.32 Å². The molecule has 3 aromatic rings. The third-order valence-electron chi connectivity index (χ3n) is 4.78. The molecule has 8 heteroatoms. The molecule has 8 nitrogen and oxygen atoms in total. The monoisotopic (exact) mass is 471 g/mol. The third kappa shape index (κ3) is 7.40. The lowest BCUT2D eigenvalue weighted by atomic mass is 10.1. The van der Waals surface area contributed by atoms with Gasteiger partial charge in [-0.1, -0.05) is 50.2 Å². The van der Waals surface area contributed by atoms with E-state index < -0.39 is 17.8 Å². The zero-order valence-corrected chi connectivity index (χ0v) is 19.3. The molecular weight excluding hydrogens is 446 g/mol. The van der Waals surface area contributed by atoms with Crippen LogP contribution in [0.1, 0.15) is 40.1 Å². The molecule has 3 amide bonds. The van der Waals surface area contributed by atoms with Gasteiger partial charge in [0.1, 0.15) is 5.75 Å². The summed E-state index contributed by atoms with van der Waals surface area (Å²) in [6.07, 6.45) is 2.68. The first-order valence-electron chi connectivity index (χ1n) is 10.9. The molecule has 0 saturated carbocycles. The highest BCUT2D eigenvalue weighted by molar-refractivity contribution is 5.99. The smallest absolute Gasteiger partial charge is 0.343 e. The molecule has 0 saturated heterocycles. The van der Waals surface area contributed by atoms with Gasteiger partial charge in [-0.25, -0.2) is 4.79 Å². The molecule has 178 valence electrons. The number of rotatable bonds is 7. The van der Waals surface area contributed by atoms with E-state index in [1.54, 1.807) is 80.6 Å². The molecule has 0 radical (unpaired) electrons. The average molecular weight is 472 g/mol. The molecule has 0 spiro atoms. The van der Waals surface area contributed by atoms with Crippen molar-refractivity contribution in [1.29, 1.82) is 0 Å². The van der Waals surface area contributed by atoms with Crippen molar-refractivity contribution in [2.24, 2.45) is 5.92 Å². The number of anilines is 1. The summed E-state index contributed by atoms with van der Waals surface area (Å²) in [7, 11) is 0. The van der Waals surface area contributed by atoms with Gasteiger partial charge in [-0.15, -0.1) is 0 Å². The van der Waals surface area contributed by atoms with Crippen molar-refractivity contribution in [3.8, 4) is 5.75 Å². The standard InChI is InChI=1S/C27H25N3O5/c1-18(2)25(32)28-22-15-12-20(13-16-22)26(33)30-29-24(31)17-14-19-8-6-7-11-23(19)35-27(34)21-9-4-3-5-10-21/h3-18H,1-2H3,(H,28,32)(H,29,31)(H,30,33)/b17-14+. The highest BCUT2D eigenvalue weighted by atomic mass is 16.5. The molecule has 3 aromatic carbocycles. The summed E-state index contributed by atoms with van der Waals surface area (Å²) in [6.45, 7) is 3.56. The number of amides is 3. The first-order chi connectivity index (χ1) is 16.8. The van der Waals surface area contributed by atoms with Crippen LogP contribution in [0.3, 0.4) is 0 Å². The minimum atomic E-state index is -0.580. The maximum atomic E-state index is 12.3. The van der Waals surface area contributed by atoms with Crippen molar-refractivity contribution < 1.29 is 23.9 Å². The highest BCUT2D eigenvalue weighted by Crippen LogP contribution is 2.21. The maximum absolute atomic E-state index is 12.3. The Labute approximate surface area is 203 Å². The predicted octanol–water partition coefficient (Wildman–Crippen LogP) is 3.97. The molecule has 0 heterocycles. The van der Waals surface area contributed by atoms with Crippen LogP contribution in [0, 0.1) is 5.92 Å². The first-order valence-corrected chi connectivity index (χ1v) is 10.9. The van der Waals surface area contributed by atoms with Crippen LogP contribution in [0.5, 0.6) is 5.75 Å². The van der Waals surface area contributed by atoms with Gasteiger partial charge in [0.05, 0.1) is 5.56 Å². The molecule has 3 rings (SSSR count). The van der Waals surface area contributed by atoms with Crippen molar-refractivity contribution in [3.63, 3.8) is 0 Å². The van der Waals surface area contributed by atoms with E-state index >= 15 is 0 Å². The number of hydrogen-bond acceptors (Lipinski definition) is 5. The zero-order chi connectivity index (χ0) is 25.2. The second-order valence-corrected chi connectivity index (χ2v) is 7.79. The van der Waals surface area contributed by atoms with Gasteiger partial charge in [-0.2, -0.15) is 0 Å². The van der Waals surface area contributed by atoms with Gasteiger partial charge in [0.25, 0.3) is 11.8 Å². The first kappa shape index (κ1) is 24.9. The topological polar surface area (TPSA) is 114 Å². The molecule has 0 aliphatic rings. The van der Waals surface area contributed by atoms with Crippen LogP contribution in [0.2, 0.25) is 0 Å². The van der Waals surface area contributed by atoms with Crippen LogP contribution >= 0.6 is 0 Å². The summed E-state index contributed by atoms with van der Waals surface area (Å²) in [5, 5.41) is 2.73. The minimum absolute atomic E-state index is 0.127. The van der Waals surface area contributed by atoms with Gasteiger partial charge in [-0.3, -0.25) is 25.2 Å². The van der Waals surface area contributed by atoms with E-state index in [-0.39, 0.29) is 11.8 Å². The minimum Gasteiger partial charge on any atom is -0.422 e. The van der Waals surface area contributed by atoms with E-state index in [2.05, 4.69) is 16.2 Å². The Bertz CT molecular complexity index is 1240. The lowest BCUT2D eigenvalue weighted by Crippen LogP contribution is -2.40. The van der Waals surface area contributed by atoms with Crippen LogP contribution < -0.4 is 20.9 Å². The number of hydrogen-bond donors (Lipinski definition) is 3. The largest absolute Gasteiger partial charge is 0.422 e. The van der Waals surface area contributed by atoms with Gasteiger partial charge in [0.15, 0.2) is 0 Å². The van der Waals surface area contributed by atoms with Crippen LogP contribution in [0.15, 0.2) is 84.9 Å². The van der Waals surface area contributed by atoms with Crippen LogP contribution in [0.4, 0.5) is 5.69 Å². The zero-order valence-electron chi connectivity index (χ0n) is 19.3. The molecule has 0 unspecified atom stereocenters. The fourth-order valence-electron chi connectivity index (χ4n) is 2.83. The second kappa shape index (κ2) is 11.9. The average Bonchev–Trinajstić information content (AvgIpc) is 2.87. The Kier molecular flexibility index (Phi) is 8.50. The molecule has 0 fully saturated rings. The van der Waals surface area contributed by atoms with E-state index in [1.807, 2.05) is 0 Å². The number of ether oxygens (including phenoxy) is 1. The van der Waals surface area contributed by atoms with Gasteiger partial charge in [0, 0.05) is 28.8 Å². The number of carbonyl (C=O) groups is 4. The fraction of sp³-hybridized carbons (Fsp3) is 0.111. The highest BCUT2D eigenvalue weighted by Gasteiger charge is 2.11. The number of benzene rings is 3. The fourth-order valence-corrected chi connectivity index (χ4v) is 2.83. The number of nitrogens with one attached hydrogen (secondary N) is 3. The summed E-state index contributed by atoms with van der Waals surface area (Å²) in [5.74, 6) is -1.62. The summed E-state index contributed by atoms with van der Waals surface area (Å²) < 4.78 is 5.45. The van der Waals surface area contributed by atoms with Crippen LogP contribution in [0.25, 0.3) is 6.08 Å². The predicted molar refractivity (Wildman–Crippen MR) is 132 cm³/mol. The maximum Gasteiger partial charge on any atom is 0.343 e. The number of carbonyl (C=O) groups excluding carboxylic acids is 4. The van der Waals surface area contributed by atoms with E-state index in [0.717, 1.165) is 0 Å². The summed E-state index contributed by atoms with van der Waals surface area (Å²) in [4.78, 5) is 48.5. The van der Waals surface area contributed by atoms with E-state index in [0.29, 0.717) is 28.1 Å². The Hall–Kier alpha value is -4.72. The Morgan fingerprint density at radius 1 is 0.771 bits per heavy atom. The normalized spacial score (nSPS) is 10.6. The summed E-state index contributed by atoms with van der Waals surface area (Å²) in [6, 6.07) is 21.6. The number of para-hydroxylation sites is 1. The molecule has 3 N–H and O–H groups in total. The summed E-state index contributed by atoms with van der Waals surface area (Å²) >= 11 is 0. The molecule has 0 aliphatic heterocycles. The molecule has 0 bridgehead atoms. The quantitative estimate of drug-likeness (QED) is 0.209. The molecule has 0 aromatic heterocycles. The Morgan fingerprint density at radius 3 is 2.11 bits per heavy atom. The van der Waals surface area contributed by atoms with E-state index in [9.17, 15) is 19.2 Å². The molecule has 0 atom stereocenters. The molecular formula is C27H25N3O5. The van der Waals surface area contributed by atoms with Crippen LogP contribution in [-0.4, -0.2) is 23.7 Å². The van der Waals surface area contributed by atoms with Crippen molar-refractivity contribution >= 4 is 35.5 Å². The lowest BCUT2D eigenvalue weighted by molar-refractivity contribution is -0.119. The summed E-state index contributed by atoms with van der Waals surface area (Å²) in [5.41, 5.74) is 6.40. The van der Waals surface area contributed by atoms with Crippen molar-refractivity contribution in [1.82, 2.24) is 10.9 Å². The second-order valence-electron chi connectivity index (χ2n) is 7.79. The Balaban J connectivity index is 1.55. The van der Waals surface area contributed by atoms with Gasteiger partial charge in [-0.05, 0) is 48.5 Å². The van der Waals surface area contributed by atoms with E-state index in [4.69, 9.17) is 4.74 Å². The SMILES string of the molecule is CC(C)C(=O)Nc1ccc(C(=O)NNC(=O)/C=C/c2ccccc2OC(=O)c2ccccc2)cc1. The number of esters is 1. The van der Waals surface area contributed by atoms with E-state index in [1.165, 1.54) is 24.3 Å². The number of hydrazine groups is 1. The molecule has 0 aliphatic carbocycles. The lowest BCUT2D eigenvalue weighted by Gasteiger charge is -2.09. The van der Waals surface area contributed by atoms with Gasteiger partial charge >= 0.3 is 5.97 Å². The van der Waals surface area contributed by atoms with Crippen molar-refractivity contribution in [3.05, 3.63) is 102 Å². The van der Waals surface area contributed by atoms with Gasteiger partial charge in [0.2, 0.25) is 5.91 Å². The molecule has 35 heavy (non-hydrogen) atoms. The third-order valence-corrected chi connectivity index (χ3v) is 4.78. The van der Waals surface area contributed by atoms with Crippen molar-refractivity contribution in [2.45, 2.75) is 13.8 Å². The van der Waals surface area contributed by atoms with Crippen LogP contribution in [-0.2, 0) is 9.59 Å². The van der Waals surface area contributed by atoms with Gasteiger partial charge < -0.3 is 10.1 Å². The Morgan fingerprint density at radius 2 is 1.43 bits per heavy atom.